The molecule has 4 heteroatoms. The van der Waals surface area contributed by atoms with Crippen LogP contribution in [-0.4, -0.2) is 48.3 Å². The van der Waals surface area contributed by atoms with E-state index in [4.69, 9.17) is 0 Å². The molecule has 2 rings (SSSR count). The van der Waals surface area contributed by atoms with Crippen molar-refractivity contribution in [3.63, 3.8) is 0 Å². The molecule has 0 aliphatic carbocycles. The summed E-state index contributed by atoms with van der Waals surface area (Å²) in [5.74, 6) is 0.172. The zero-order valence-electron chi connectivity index (χ0n) is 14.9. The number of amides is 2. The van der Waals surface area contributed by atoms with E-state index >= 15 is 0 Å². The standard InChI is InChI=1S/C19H28N2O2/c1-6-20(5)19(23)17-12-21(18(22)13(2)3)11-16(17)15-9-7-14(4)8-10-15/h7-10,13,16-17H,6,11-12H2,1-5H3. The van der Waals surface area contributed by atoms with E-state index in [0.717, 1.165) is 5.56 Å². The van der Waals surface area contributed by atoms with Crippen LogP contribution in [0.2, 0.25) is 0 Å². The number of carbonyl (C=O) groups excluding carboxylic acids is 2. The second-order valence-electron chi connectivity index (χ2n) is 6.87. The summed E-state index contributed by atoms with van der Waals surface area (Å²) in [6, 6.07) is 8.34. The van der Waals surface area contributed by atoms with Crippen LogP contribution >= 0.6 is 0 Å². The van der Waals surface area contributed by atoms with Gasteiger partial charge in [0.25, 0.3) is 0 Å². The number of benzene rings is 1. The molecule has 1 aliphatic rings. The maximum absolute atomic E-state index is 12.8. The second-order valence-corrected chi connectivity index (χ2v) is 6.87. The van der Waals surface area contributed by atoms with Gasteiger partial charge in [-0.05, 0) is 19.4 Å². The Kier molecular flexibility index (Phi) is 5.45. The third kappa shape index (κ3) is 3.74. The molecule has 2 atom stereocenters. The number of likely N-dealkylation sites (tertiary alicyclic amines) is 1. The molecule has 2 unspecified atom stereocenters. The number of aryl methyl sites for hydroxylation is 1. The first-order valence-corrected chi connectivity index (χ1v) is 8.45. The number of nitrogens with zero attached hydrogens (tertiary/aromatic N) is 2. The summed E-state index contributed by atoms with van der Waals surface area (Å²) in [7, 11) is 1.83. The van der Waals surface area contributed by atoms with Gasteiger partial charge in [-0.15, -0.1) is 0 Å². The van der Waals surface area contributed by atoms with Crippen LogP contribution < -0.4 is 0 Å². The van der Waals surface area contributed by atoms with E-state index in [1.165, 1.54) is 5.56 Å². The summed E-state index contributed by atoms with van der Waals surface area (Å²) in [5, 5.41) is 0. The molecule has 23 heavy (non-hydrogen) atoms. The van der Waals surface area contributed by atoms with Crippen LogP contribution in [0.4, 0.5) is 0 Å². The summed E-state index contributed by atoms with van der Waals surface area (Å²) < 4.78 is 0. The molecule has 126 valence electrons. The predicted molar refractivity (Wildman–Crippen MR) is 92.1 cm³/mol. The largest absolute Gasteiger partial charge is 0.346 e. The molecule has 0 spiro atoms. The first-order chi connectivity index (χ1) is 10.8. The lowest BCUT2D eigenvalue weighted by Gasteiger charge is -2.23. The van der Waals surface area contributed by atoms with Crippen molar-refractivity contribution in [2.45, 2.75) is 33.6 Å². The van der Waals surface area contributed by atoms with E-state index in [0.29, 0.717) is 19.6 Å². The smallest absolute Gasteiger partial charge is 0.227 e. The molecule has 0 bridgehead atoms. The molecule has 0 saturated carbocycles. The fourth-order valence-corrected chi connectivity index (χ4v) is 3.19. The number of carbonyl (C=O) groups is 2. The monoisotopic (exact) mass is 316 g/mol. The summed E-state index contributed by atoms with van der Waals surface area (Å²) in [5.41, 5.74) is 2.35. The van der Waals surface area contributed by atoms with Crippen LogP contribution in [0.5, 0.6) is 0 Å². The van der Waals surface area contributed by atoms with Crippen LogP contribution in [0.15, 0.2) is 24.3 Å². The van der Waals surface area contributed by atoms with Gasteiger partial charge in [-0.1, -0.05) is 43.7 Å². The predicted octanol–water partition coefficient (Wildman–Crippen LogP) is 2.67. The molecule has 2 amide bonds. The third-order valence-electron chi connectivity index (χ3n) is 4.80. The molecular weight excluding hydrogens is 288 g/mol. The van der Waals surface area contributed by atoms with Gasteiger partial charge in [0, 0.05) is 38.5 Å². The zero-order valence-corrected chi connectivity index (χ0v) is 14.9. The van der Waals surface area contributed by atoms with Crippen molar-refractivity contribution >= 4 is 11.8 Å². The minimum atomic E-state index is -0.148. The molecule has 1 aromatic carbocycles. The zero-order chi connectivity index (χ0) is 17.1. The van der Waals surface area contributed by atoms with Gasteiger partial charge in [0.15, 0.2) is 0 Å². The highest BCUT2D eigenvalue weighted by molar-refractivity contribution is 5.84. The summed E-state index contributed by atoms with van der Waals surface area (Å²) in [6.45, 7) is 9.71. The molecular formula is C19H28N2O2. The minimum absolute atomic E-state index is 0.0357. The Balaban J connectivity index is 2.29. The van der Waals surface area contributed by atoms with Crippen molar-refractivity contribution in [1.29, 1.82) is 0 Å². The Hall–Kier alpha value is -1.84. The van der Waals surface area contributed by atoms with Gasteiger partial charge < -0.3 is 9.80 Å². The number of hydrogen-bond acceptors (Lipinski definition) is 2. The topological polar surface area (TPSA) is 40.6 Å². The molecule has 0 aromatic heterocycles. The van der Waals surface area contributed by atoms with Crippen LogP contribution in [0.3, 0.4) is 0 Å². The van der Waals surface area contributed by atoms with Crippen molar-refractivity contribution in [2.24, 2.45) is 11.8 Å². The van der Waals surface area contributed by atoms with E-state index in [-0.39, 0.29) is 29.6 Å². The lowest BCUT2D eigenvalue weighted by molar-refractivity contribution is -0.135. The molecule has 1 fully saturated rings. The minimum Gasteiger partial charge on any atom is -0.346 e. The highest BCUT2D eigenvalue weighted by Crippen LogP contribution is 2.34. The van der Waals surface area contributed by atoms with Gasteiger partial charge >= 0.3 is 0 Å². The molecule has 4 nitrogen and oxygen atoms in total. The van der Waals surface area contributed by atoms with Crippen molar-refractivity contribution < 1.29 is 9.59 Å². The Morgan fingerprint density at radius 2 is 1.83 bits per heavy atom. The van der Waals surface area contributed by atoms with Crippen LogP contribution in [0.25, 0.3) is 0 Å². The van der Waals surface area contributed by atoms with E-state index in [1.54, 1.807) is 4.90 Å². The Bertz CT molecular complexity index is 565. The van der Waals surface area contributed by atoms with Crippen LogP contribution in [-0.2, 0) is 9.59 Å². The first-order valence-electron chi connectivity index (χ1n) is 8.45. The van der Waals surface area contributed by atoms with E-state index in [2.05, 4.69) is 31.2 Å². The maximum atomic E-state index is 12.8. The quantitative estimate of drug-likeness (QED) is 0.857. The third-order valence-corrected chi connectivity index (χ3v) is 4.80. The number of hydrogen-bond donors (Lipinski definition) is 0. The van der Waals surface area contributed by atoms with E-state index in [1.807, 2.05) is 32.7 Å². The van der Waals surface area contributed by atoms with Crippen LogP contribution in [0.1, 0.15) is 37.8 Å². The molecule has 0 radical (unpaired) electrons. The summed E-state index contributed by atoms with van der Waals surface area (Å²) >= 11 is 0. The fourth-order valence-electron chi connectivity index (χ4n) is 3.19. The van der Waals surface area contributed by atoms with Gasteiger partial charge in [-0.3, -0.25) is 9.59 Å². The lowest BCUT2D eigenvalue weighted by Crippen LogP contribution is -2.37. The van der Waals surface area contributed by atoms with E-state index < -0.39 is 0 Å². The molecule has 1 aromatic rings. The highest BCUT2D eigenvalue weighted by atomic mass is 16.2. The average molecular weight is 316 g/mol. The fraction of sp³-hybridized carbons (Fsp3) is 0.579. The molecule has 1 heterocycles. The SMILES string of the molecule is CCN(C)C(=O)C1CN(C(=O)C(C)C)CC1c1ccc(C)cc1. The maximum Gasteiger partial charge on any atom is 0.227 e. The Labute approximate surface area is 139 Å². The van der Waals surface area contributed by atoms with Gasteiger partial charge in [-0.2, -0.15) is 0 Å². The normalized spacial score (nSPS) is 20.9. The Morgan fingerprint density at radius 3 is 2.35 bits per heavy atom. The first kappa shape index (κ1) is 17.5. The summed E-state index contributed by atoms with van der Waals surface area (Å²) in [4.78, 5) is 28.8. The summed E-state index contributed by atoms with van der Waals surface area (Å²) in [6.07, 6.45) is 0. The number of rotatable bonds is 4. The van der Waals surface area contributed by atoms with Gasteiger partial charge in [0.2, 0.25) is 11.8 Å². The van der Waals surface area contributed by atoms with Gasteiger partial charge in [0.1, 0.15) is 0 Å². The van der Waals surface area contributed by atoms with Crippen molar-refractivity contribution in [3.8, 4) is 0 Å². The van der Waals surface area contributed by atoms with E-state index in [9.17, 15) is 9.59 Å². The highest BCUT2D eigenvalue weighted by Gasteiger charge is 2.41. The average Bonchev–Trinajstić information content (AvgIpc) is 2.98. The van der Waals surface area contributed by atoms with Gasteiger partial charge in [0.05, 0.1) is 5.92 Å². The lowest BCUT2D eigenvalue weighted by atomic mass is 9.87. The van der Waals surface area contributed by atoms with Crippen molar-refractivity contribution in [3.05, 3.63) is 35.4 Å². The van der Waals surface area contributed by atoms with Crippen molar-refractivity contribution in [1.82, 2.24) is 9.80 Å². The second kappa shape index (κ2) is 7.16. The van der Waals surface area contributed by atoms with Crippen LogP contribution in [0, 0.1) is 18.8 Å². The molecule has 0 N–H and O–H groups in total. The molecule has 1 aliphatic heterocycles. The van der Waals surface area contributed by atoms with Gasteiger partial charge in [-0.25, -0.2) is 0 Å². The van der Waals surface area contributed by atoms with Crippen molar-refractivity contribution in [2.75, 3.05) is 26.7 Å². The molecule has 1 saturated heterocycles. The Morgan fingerprint density at radius 1 is 1.22 bits per heavy atom.